The number of benzene rings is 1. The Balaban J connectivity index is 2.00. The maximum absolute atomic E-state index is 12.4. The second-order valence-electron chi connectivity index (χ2n) is 6.11. The molecular weight excluding hydrogens is 529 g/mol. The van der Waals surface area contributed by atoms with Crippen LogP contribution < -0.4 is 16.4 Å². The fourth-order valence-corrected chi connectivity index (χ4v) is 4.05. The minimum absolute atomic E-state index is 0.150. The van der Waals surface area contributed by atoms with Crippen molar-refractivity contribution >= 4 is 74.6 Å². The molecule has 1 aliphatic rings. The van der Waals surface area contributed by atoms with Crippen molar-refractivity contribution < 1.29 is 19.1 Å². The number of primary amides is 1. The summed E-state index contributed by atoms with van der Waals surface area (Å²) in [6, 6.07) is 9.30. The predicted molar refractivity (Wildman–Crippen MR) is 123 cm³/mol. The number of thiocarbonyl (C=S) groups is 1. The molecule has 2 unspecified atom stereocenters. The Hall–Kier alpha value is -2.21. The number of urea groups is 1. The number of hydrogen-bond acceptors (Lipinski definition) is 5. The third-order valence-electron chi connectivity index (χ3n) is 4.15. The van der Waals surface area contributed by atoms with Gasteiger partial charge in [-0.1, -0.05) is 36.5 Å². The van der Waals surface area contributed by atoms with Crippen LogP contribution >= 0.6 is 46.4 Å². The Kier molecular flexibility index (Phi) is 6.13. The summed E-state index contributed by atoms with van der Waals surface area (Å²) in [6.45, 7) is 0. The van der Waals surface area contributed by atoms with Gasteiger partial charge in [0.25, 0.3) is 5.91 Å². The van der Waals surface area contributed by atoms with E-state index in [0.29, 0.717) is 16.8 Å². The second-order valence-corrected chi connectivity index (χ2v) is 8.76. The average molecular weight is 544 g/mol. The number of furan rings is 1. The van der Waals surface area contributed by atoms with E-state index in [-0.39, 0.29) is 10.7 Å². The van der Waals surface area contributed by atoms with Gasteiger partial charge in [-0.25, -0.2) is 4.79 Å². The van der Waals surface area contributed by atoms with Gasteiger partial charge in [-0.05, 0) is 58.5 Å². The molecule has 0 fully saturated rings. The maximum Gasteiger partial charge on any atom is 0.317 e. The van der Waals surface area contributed by atoms with Gasteiger partial charge in [-0.15, -0.1) is 11.6 Å². The van der Waals surface area contributed by atoms with E-state index in [1.165, 1.54) is 18.4 Å². The average Bonchev–Trinajstić information content (AvgIpc) is 3.19. The lowest BCUT2D eigenvalue weighted by atomic mass is 9.88. The molecule has 2 atom stereocenters. The van der Waals surface area contributed by atoms with Gasteiger partial charge in [0.05, 0.1) is 6.26 Å². The minimum atomic E-state index is -1.65. The second kappa shape index (κ2) is 8.27. The molecule has 5 N–H and O–H groups in total. The van der Waals surface area contributed by atoms with Gasteiger partial charge >= 0.3 is 6.03 Å². The van der Waals surface area contributed by atoms with E-state index in [4.69, 9.17) is 34.0 Å². The Bertz CT molecular complexity index is 1040. The summed E-state index contributed by atoms with van der Waals surface area (Å²) in [6.07, 6.45) is 6.02. The van der Waals surface area contributed by atoms with Crippen molar-refractivity contribution in [3.8, 4) is 0 Å². The zero-order chi connectivity index (χ0) is 21.2. The summed E-state index contributed by atoms with van der Waals surface area (Å²) >= 11 is 13.6. The van der Waals surface area contributed by atoms with Crippen molar-refractivity contribution in [2.24, 2.45) is 5.73 Å². The highest BCUT2D eigenvalue weighted by Crippen LogP contribution is 2.45. The van der Waals surface area contributed by atoms with Gasteiger partial charge in [0.1, 0.15) is 4.99 Å². The highest BCUT2D eigenvalue weighted by Gasteiger charge is 2.50. The van der Waals surface area contributed by atoms with Crippen LogP contribution in [0, 0.1) is 0 Å². The number of alkyl halides is 2. The van der Waals surface area contributed by atoms with Crippen molar-refractivity contribution in [2.45, 2.75) is 8.48 Å². The number of carbonyl (C=O) groups excluding carboxylic acids is 2. The third-order valence-corrected chi connectivity index (χ3v) is 6.80. The third kappa shape index (κ3) is 4.37. The van der Waals surface area contributed by atoms with E-state index in [1.54, 1.807) is 65.1 Å². The molecule has 1 heterocycles. The molecule has 29 heavy (non-hydrogen) atoms. The van der Waals surface area contributed by atoms with Crippen LogP contribution in [0.15, 0.2) is 65.3 Å². The quantitative estimate of drug-likeness (QED) is 0.267. The molecular formula is C19H15ClIN3O4S. The summed E-state index contributed by atoms with van der Waals surface area (Å²) in [4.78, 5) is 21.8. The van der Waals surface area contributed by atoms with Crippen molar-refractivity contribution in [1.29, 1.82) is 0 Å². The molecule has 150 valence electrons. The lowest BCUT2D eigenvalue weighted by Crippen LogP contribution is -2.56. The highest BCUT2D eigenvalue weighted by atomic mass is 127. The first kappa shape index (κ1) is 21.5. The smallest absolute Gasteiger partial charge is 0.317 e. The molecule has 1 aromatic carbocycles. The van der Waals surface area contributed by atoms with E-state index >= 15 is 0 Å². The van der Waals surface area contributed by atoms with Gasteiger partial charge in [0.15, 0.2) is 14.2 Å². The van der Waals surface area contributed by atoms with E-state index in [1.807, 2.05) is 0 Å². The van der Waals surface area contributed by atoms with Crippen LogP contribution in [0.2, 0.25) is 0 Å². The van der Waals surface area contributed by atoms with Gasteiger partial charge < -0.3 is 25.9 Å². The summed E-state index contributed by atoms with van der Waals surface area (Å²) in [5.41, 5.74) is 6.84. The maximum atomic E-state index is 12.4. The molecule has 0 spiro atoms. The first-order valence-electron chi connectivity index (χ1n) is 8.21. The zero-order valence-electron chi connectivity index (χ0n) is 14.7. The fourth-order valence-electron chi connectivity index (χ4n) is 2.72. The van der Waals surface area contributed by atoms with Gasteiger partial charge in [0, 0.05) is 11.3 Å². The highest BCUT2D eigenvalue weighted by molar-refractivity contribution is 14.1. The molecule has 0 saturated carbocycles. The number of aliphatic hydroxyl groups is 1. The number of nitrogens with two attached hydrogens (primary N) is 1. The van der Waals surface area contributed by atoms with Crippen LogP contribution in [0.4, 0.5) is 10.5 Å². The number of hydrogen-bond donors (Lipinski definition) is 4. The molecule has 7 nitrogen and oxygen atoms in total. The van der Waals surface area contributed by atoms with Crippen LogP contribution in [-0.2, 0) is 0 Å². The SMILES string of the molecule is NC(=O)NC(=S)C1(Cl)C=C(c2ccccc2NC(=O)c2ccco2)C=CC1(O)I. The summed E-state index contributed by atoms with van der Waals surface area (Å²) < 4.78 is 3.49. The monoisotopic (exact) mass is 543 g/mol. The first-order valence-corrected chi connectivity index (χ1v) is 10.1. The van der Waals surface area contributed by atoms with Gasteiger partial charge in [-0.3, -0.25) is 4.79 Å². The lowest BCUT2D eigenvalue weighted by molar-refractivity contribution is 0.0996. The van der Waals surface area contributed by atoms with Crippen molar-refractivity contribution in [2.75, 3.05) is 5.32 Å². The van der Waals surface area contributed by atoms with E-state index in [0.717, 1.165) is 0 Å². The van der Waals surface area contributed by atoms with E-state index in [9.17, 15) is 14.7 Å². The van der Waals surface area contributed by atoms with E-state index in [2.05, 4.69) is 10.6 Å². The predicted octanol–water partition coefficient (Wildman–Crippen LogP) is 3.58. The number of carbonyl (C=O) groups is 2. The number of anilines is 1. The van der Waals surface area contributed by atoms with Crippen LogP contribution in [0.5, 0.6) is 0 Å². The Morgan fingerprint density at radius 1 is 1.24 bits per heavy atom. The molecule has 2 aromatic rings. The number of halogens is 2. The summed E-state index contributed by atoms with van der Waals surface area (Å²) in [7, 11) is 0. The molecule has 0 aliphatic heterocycles. The normalized spacial score (nSPS) is 23.2. The standard InChI is InChI=1S/C19H15ClIN3O4S/c20-18(16(29)24-17(22)26)10-11(7-8-19(18,21)27)12-4-1-2-5-13(12)23-15(25)14-6-3-9-28-14/h1-10,27H,(H,23,25)(H3,22,24,26,29). The minimum Gasteiger partial charge on any atom is -0.459 e. The largest absolute Gasteiger partial charge is 0.459 e. The number of amides is 3. The molecule has 0 radical (unpaired) electrons. The Labute approximate surface area is 190 Å². The number of para-hydroxylation sites is 1. The van der Waals surface area contributed by atoms with E-state index < -0.39 is 20.4 Å². The van der Waals surface area contributed by atoms with Crippen LogP contribution in [0.1, 0.15) is 16.1 Å². The Morgan fingerprint density at radius 3 is 2.62 bits per heavy atom. The number of rotatable bonds is 4. The van der Waals surface area contributed by atoms with Crippen molar-refractivity contribution in [3.05, 3.63) is 72.2 Å². The molecule has 10 heteroatoms. The molecule has 0 bridgehead atoms. The van der Waals surface area contributed by atoms with Crippen molar-refractivity contribution in [1.82, 2.24) is 5.32 Å². The van der Waals surface area contributed by atoms with Crippen LogP contribution in [0.3, 0.4) is 0 Å². The Morgan fingerprint density at radius 2 is 1.97 bits per heavy atom. The summed E-state index contributed by atoms with van der Waals surface area (Å²) in [5.74, 6) is -0.260. The molecule has 3 rings (SSSR count). The molecule has 3 amide bonds. The lowest BCUT2D eigenvalue weighted by Gasteiger charge is -2.38. The first-order chi connectivity index (χ1) is 13.6. The van der Waals surface area contributed by atoms with Crippen LogP contribution in [0.25, 0.3) is 5.57 Å². The molecule has 1 aromatic heterocycles. The van der Waals surface area contributed by atoms with Crippen LogP contribution in [-0.4, -0.2) is 30.5 Å². The molecule has 0 saturated heterocycles. The fraction of sp³-hybridized carbons (Fsp3) is 0.105. The number of allylic oxidation sites excluding steroid dienone is 2. The van der Waals surface area contributed by atoms with Crippen molar-refractivity contribution in [3.63, 3.8) is 0 Å². The number of nitrogens with one attached hydrogen (secondary N) is 2. The van der Waals surface area contributed by atoms with Gasteiger partial charge in [0.2, 0.25) is 0 Å². The topological polar surface area (TPSA) is 118 Å². The zero-order valence-corrected chi connectivity index (χ0v) is 18.4. The summed E-state index contributed by atoms with van der Waals surface area (Å²) in [5, 5.41) is 15.8. The van der Waals surface area contributed by atoms with Gasteiger partial charge in [-0.2, -0.15) is 0 Å². The molecule has 1 aliphatic carbocycles.